The Hall–Kier alpha value is -2.86. The summed E-state index contributed by atoms with van der Waals surface area (Å²) in [5, 5.41) is 4.06. The molecule has 0 radical (unpaired) electrons. The van der Waals surface area contributed by atoms with Gasteiger partial charge in [0.1, 0.15) is 5.75 Å². The highest BCUT2D eigenvalue weighted by atomic mass is 79.9. The molecular weight excluding hydrogens is 382 g/mol. The third-order valence-corrected chi connectivity index (χ3v) is 4.07. The molecule has 0 unspecified atom stereocenters. The maximum Gasteiger partial charge on any atom is 0.275 e. The Morgan fingerprint density at radius 2 is 2.00 bits per heavy atom. The van der Waals surface area contributed by atoms with E-state index in [0.29, 0.717) is 11.3 Å². The summed E-state index contributed by atoms with van der Waals surface area (Å²) < 4.78 is 8.15. The van der Waals surface area contributed by atoms with Gasteiger partial charge in [0, 0.05) is 16.4 Å². The summed E-state index contributed by atoms with van der Waals surface area (Å²) >= 11 is 3.47. The van der Waals surface area contributed by atoms with Crippen LogP contribution in [0.2, 0.25) is 0 Å². The van der Waals surface area contributed by atoms with Crippen molar-refractivity contribution >= 4 is 28.1 Å². The zero-order chi connectivity index (χ0) is 17.6. The Morgan fingerprint density at radius 3 is 2.80 bits per heavy atom. The molecule has 1 amide bonds. The minimum Gasteiger partial charge on any atom is -0.496 e. The van der Waals surface area contributed by atoms with Crippen molar-refractivity contribution in [2.24, 2.45) is 5.10 Å². The summed E-state index contributed by atoms with van der Waals surface area (Å²) in [5.74, 6) is 0.182. The molecule has 0 saturated heterocycles. The lowest BCUT2D eigenvalue weighted by atomic mass is 10.2. The van der Waals surface area contributed by atoms with Crippen molar-refractivity contribution in [2.75, 3.05) is 7.11 Å². The standard InChI is InChI=1S/C19H16BrN3O2/c1-25-18-10-3-2-9-17(18)19(24)22-21-13-16-8-5-11-23(16)15-7-4-6-14(20)12-15/h2-13H,1H3,(H,22,24)/b21-13-. The molecule has 3 aromatic rings. The van der Waals surface area contributed by atoms with Crippen LogP contribution >= 0.6 is 15.9 Å². The molecule has 6 heteroatoms. The van der Waals surface area contributed by atoms with Gasteiger partial charge in [-0.05, 0) is 42.5 Å². The number of nitrogens with zero attached hydrogens (tertiary/aromatic N) is 2. The van der Waals surface area contributed by atoms with Gasteiger partial charge in [0.2, 0.25) is 0 Å². The fraction of sp³-hybridized carbons (Fsp3) is 0.0526. The summed E-state index contributed by atoms with van der Waals surface area (Å²) in [7, 11) is 1.53. The maximum atomic E-state index is 12.2. The van der Waals surface area contributed by atoms with Crippen LogP contribution in [0.1, 0.15) is 16.1 Å². The lowest BCUT2D eigenvalue weighted by Crippen LogP contribution is -2.18. The van der Waals surface area contributed by atoms with Crippen molar-refractivity contribution in [3.63, 3.8) is 0 Å². The second-order valence-electron chi connectivity index (χ2n) is 5.18. The van der Waals surface area contributed by atoms with E-state index >= 15 is 0 Å². The van der Waals surface area contributed by atoms with E-state index in [9.17, 15) is 4.79 Å². The van der Waals surface area contributed by atoms with Crippen LogP contribution < -0.4 is 10.2 Å². The van der Waals surface area contributed by atoms with Crippen LogP contribution in [0.25, 0.3) is 5.69 Å². The first kappa shape index (κ1) is 17.0. The van der Waals surface area contributed by atoms with E-state index in [-0.39, 0.29) is 5.91 Å². The van der Waals surface area contributed by atoms with E-state index in [0.717, 1.165) is 15.9 Å². The lowest BCUT2D eigenvalue weighted by molar-refractivity contribution is 0.0952. The van der Waals surface area contributed by atoms with Crippen LogP contribution in [0, 0.1) is 0 Å². The summed E-state index contributed by atoms with van der Waals surface area (Å²) in [5.41, 5.74) is 4.81. The third kappa shape index (κ3) is 3.97. The largest absolute Gasteiger partial charge is 0.496 e. The van der Waals surface area contributed by atoms with Crippen LogP contribution in [0.15, 0.2) is 76.4 Å². The molecule has 3 rings (SSSR count). The van der Waals surface area contributed by atoms with Gasteiger partial charge in [0.05, 0.1) is 24.6 Å². The second-order valence-corrected chi connectivity index (χ2v) is 6.10. The number of hydrazone groups is 1. The summed E-state index contributed by atoms with van der Waals surface area (Å²) in [6.07, 6.45) is 3.54. The molecule has 0 aliphatic heterocycles. The first-order valence-electron chi connectivity index (χ1n) is 7.59. The smallest absolute Gasteiger partial charge is 0.275 e. The van der Waals surface area contributed by atoms with Crippen LogP contribution in [-0.4, -0.2) is 23.8 Å². The Morgan fingerprint density at radius 1 is 1.16 bits per heavy atom. The van der Waals surface area contributed by atoms with Gasteiger partial charge in [-0.3, -0.25) is 4.79 Å². The van der Waals surface area contributed by atoms with Crippen molar-refractivity contribution in [1.29, 1.82) is 0 Å². The minimum atomic E-state index is -0.325. The molecule has 1 heterocycles. The van der Waals surface area contributed by atoms with E-state index in [1.165, 1.54) is 7.11 Å². The minimum absolute atomic E-state index is 0.325. The molecule has 0 bridgehead atoms. The zero-order valence-electron chi connectivity index (χ0n) is 13.5. The molecule has 0 atom stereocenters. The average Bonchev–Trinajstić information content (AvgIpc) is 3.10. The highest BCUT2D eigenvalue weighted by molar-refractivity contribution is 9.10. The molecular formula is C19H16BrN3O2. The zero-order valence-corrected chi connectivity index (χ0v) is 15.1. The van der Waals surface area contributed by atoms with E-state index in [4.69, 9.17) is 4.74 Å². The van der Waals surface area contributed by atoms with Crippen molar-refractivity contribution in [3.05, 3.63) is 82.6 Å². The maximum absolute atomic E-state index is 12.2. The lowest BCUT2D eigenvalue weighted by Gasteiger charge is -2.07. The van der Waals surface area contributed by atoms with Crippen molar-refractivity contribution in [3.8, 4) is 11.4 Å². The molecule has 0 aliphatic carbocycles. The third-order valence-electron chi connectivity index (χ3n) is 3.58. The Bertz CT molecular complexity index is 918. The van der Waals surface area contributed by atoms with E-state index in [1.54, 1.807) is 24.4 Å². The number of carbonyl (C=O) groups excluding carboxylic acids is 1. The first-order chi connectivity index (χ1) is 12.2. The van der Waals surface area contributed by atoms with Gasteiger partial charge in [-0.2, -0.15) is 5.10 Å². The van der Waals surface area contributed by atoms with Gasteiger partial charge >= 0.3 is 0 Å². The number of benzene rings is 2. The molecule has 0 spiro atoms. The number of para-hydroxylation sites is 1. The van der Waals surface area contributed by atoms with Crippen LogP contribution in [0.5, 0.6) is 5.75 Å². The van der Waals surface area contributed by atoms with Gasteiger partial charge in [-0.25, -0.2) is 5.43 Å². The highest BCUT2D eigenvalue weighted by Gasteiger charge is 2.10. The molecule has 5 nitrogen and oxygen atoms in total. The number of methoxy groups -OCH3 is 1. The monoisotopic (exact) mass is 397 g/mol. The average molecular weight is 398 g/mol. The molecule has 2 aromatic carbocycles. The fourth-order valence-corrected chi connectivity index (χ4v) is 2.80. The van der Waals surface area contributed by atoms with Gasteiger partial charge < -0.3 is 9.30 Å². The number of hydrogen-bond acceptors (Lipinski definition) is 3. The molecule has 0 fully saturated rings. The van der Waals surface area contributed by atoms with Gasteiger partial charge in [-0.1, -0.05) is 34.1 Å². The van der Waals surface area contributed by atoms with Gasteiger partial charge in [-0.15, -0.1) is 0 Å². The fourth-order valence-electron chi connectivity index (χ4n) is 2.41. The normalized spacial score (nSPS) is 10.8. The SMILES string of the molecule is COc1ccccc1C(=O)N/N=C\c1cccn1-c1cccc(Br)c1. The number of hydrogen-bond donors (Lipinski definition) is 1. The molecule has 1 N–H and O–H groups in total. The van der Waals surface area contributed by atoms with Gasteiger partial charge in [0.15, 0.2) is 0 Å². The first-order valence-corrected chi connectivity index (χ1v) is 8.38. The Labute approximate surface area is 154 Å². The van der Waals surface area contributed by atoms with Gasteiger partial charge in [0.25, 0.3) is 5.91 Å². The molecule has 1 aromatic heterocycles. The molecule has 25 heavy (non-hydrogen) atoms. The van der Waals surface area contributed by atoms with Crippen molar-refractivity contribution < 1.29 is 9.53 Å². The van der Waals surface area contributed by atoms with Crippen LogP contribution in [-0.2, 0) is 0 Å². The topological polar surface area (TPSA) is 55.6 Å². The van der Waals surface area contributed by atoms with Crippen LogP contribution in [0.4, 0.5) is 0 Å². The predicted molar refractivity (Wildman–Crippen MR) is 102 cm³/mol. The summed E-state index contributed by atoms with van der Waals surface area (Å²) in [6, 6.07) is 18.8. The van der Waals surface area contributed by atoms with E-state index < -0.39 is 0 Å². The number of carbonyl (C=O) groups is 1. The number of amides is 1. The summed E-state index contributed by atoms with van der Waals surface area (Å²) in [6.45, 7) is 0. The van der Waals surface area contributed by atoms with E-state index in [1.807, 2.05) is 53.2 Å². The van der Waals surface area contributed by atoms with Crippen LogP contribution in [0.3, 0.4) is 0 Å². The van der Waals surface area contributed by atoms with E-state index in [2.05, 4.69) is 26.5 Å². The molecule has 0 aliphatic rings. The number of ether oxygens (including phenoxy) is 1. The highest BCUT2D eigenvalue weighted by Crippen LogP contribution is 2.18. The Balaban J connectivity index is 1.76. The molecule has 0 saturated carbocycles. The van der Waals surface area contributed by atoms with Crippen molar-refractivity contribution in [2.45, 2.75) is 0 Å². The molecule has 126 valence electrons. The Kier molecular flexibility index (Phi) is 5.30. The predicted octanol–water partition coefficient (Wildman–Crippen LogP) is 4.01. The number of halogens is 1. The number of nitrogens with one attached hydrogen (secondary N) is 1. The number of aromatic nitrogens is 1. The number of rotatable bonds is 5. The summed E-state index contributed by atoms with van der Waals surface area (Å²) in [4.78, 5) is 12.2. The quantitative estimate of drug-likeness (QED) is 0.522. The van der Waals surface area contributed by atoms with Crippen molar-refractivity contribution in [1.82, 2.24) is 9.99 Å². The second kappa shape index (κ2) is 7.81.